The quantitative estimate of drug-likeness (QED) is 0.830. The van der Waals surface area contributed by atoms with Gasteiger partial charge in [0.15, 0.2) is 0 Å². The van der Waals surface area contributed by atoms with Crippen molar-refractivity contribution in [2.24, 2.45) is 5.73 Å². The maximum atomic E-state index is 14.2. The van der Waals surface area contributed by atoms with Crippen molar-refractivity contribution in [1.29, 1.82) is 0 Å². The Balaban J connectivity index is 2.18. The fourth-order valence-corrected chi connectivity index (χ4v) is 2.34. The summed E-state index contributed by atoms with van der Waals surface area (Å²) in [4.78, 5) is 2.23. The zero-order valence-corrected chi connectivity index (χ0v) is 12.6. The molecule has 0 heterocycles. The minimum atomic E-state index is -0.171. The van der Waals surface area contributed by atoms with Crippen LogP contribution in [0, 0.1) is 5.82 Å². The molecule has 21 heavy (non-hydrogen) atoms. The Hall–Kier alpha value is -1.87. The molecule has 2 aromatic rings. The van der Waals surface area contributed by atoms with Gasteiger partial charge in [0.05, 0.1) is 0 Å². The smallest absolute Gasteiger partial charge is 0.128 e. The average molecular weight is 286 g/mol. The number of rotatable bonds is 7. The molecule has 3 heteroatoms. The first-order valence-electron chi connectivity index (χ1n) is 7.52. The van der Waals surface area contributed by atoms with Gasteiger partial charge in [-0.3, -0.25) is 0 Å². The van der Waals surface area contributed by atoms with E-state index < -0.39 is 0 Å². The van der Waals surface area contributed by atoms with Gasteiger partial charge in [-0.25, -0.2) is 4.39 Å². The van der Waals surface area contributed by atoms with E-state index >= 15 is 0 Å². The highest BCUT2D eigenvalue weighted by atomic mass is 19.1. The van der Waals surface area contributed by atoms with Crippen molar-refractivity contribution >= 4 is 5.69 Å². The van der Waals surface area contributed by atoms with Gasteiger partial charge in [0, 0.05) is 30.9 Å². The van der Waals surface area contributed by atoms with Crippen LogP contribution in [0.5, 0.6) is 0 Å². The van der Waals surface area contributed by atoms with E-state index in [0.717, 1.165) is 30.6 Å². The third-order valence-electron chi connectivity index (χ3n) is 3.62. The molecule has 0 saturated carbocycles. The Kier molecular flexibility index (Phi) is 5.76. The molecule has 2 nitrogen and oxygen atoms in total. The summed E-state index contributed by atoms with van der Waals surface area (Å²) in [5.41, 5.74) is 8.23. The Labute approximate surface area is 126 Å². The summed E-state index contributed by atoms with van der Waals surface area (Å²) in [6, 6.07) is 15.5. The molecule has 0 bridgehead atoms. The number of hydrogen-bond donors (Lipinski definition) is 1. The van der Waals surface area contributed by atoms with Gasteiger partial charge >= 0.3 is 0 Å². The summed E-state index contributed by atoms with van der Waals surface area (Å²) in [5.74, 6) is -0.171. The van der Waals surface area contributed by atoms with Gasteiger partial charge in [0.1, 0.15) is 5.82 Å². The molecule has 2 aromatic carbocycles. The van der Waals surface area contributed by atoms with Crippen LogP contribution in [-0.4, -0.2) is 6.54 Å². The van der Waals surface area contributed by atoms with Gasteiger partial charge in [-0.15, -0.1) is 0 Å². The number of benzene rings is 2. The van der Waals surface area contributed by atoms with E-state index in [9.17, 15) is 4.39 Å². The normalized spacial score (nSPS) is 10.6. The maximum Gasteiger partial charge on any atom is 0.128 e. The molecule has 0 aliphatic heterocycles. The topological polar surface area (TPSA) is 29.3 Å². The Morgan fingerprint density at radius 1 is 1.10 bits per heavy atom. The van der Waals surface area contributed by atoms with Crippen molar-refractivity contribution in [1.82, 2.24) is 0 Å². The molecular weight excluding hydrogens is 263 g/mol. The van der Waals surface area contributed by atoms with Crippen LogP contribution in [0.3, 0.4) is 0 Å². The lowest BCUT2D eigenvalue weighted by atomic mass is 10.1. The van der Waals surface area contributed by atoms with E-state index in [0.29, 0.717) is 18.7 Å². The monoisotopic (exact) mass is 286 g/mol. The highest BCUT2D eigenvalue weighted by Crippen LogP contribution is 2.19. The van der Waals surface area contributed by atoms with E-state index in [1.54, 1.807) is 6.07 Å². The van der Waals surface area contributed by atoms with Crippen LogP contribution in [-0.2, 0) is 13.1 Å². The molecule has 0 amide bonds. The van der Waals surface area contributed by atoms with Crippen molar-refractivity contribution in [2.45, 2.75) is 32.9 Å². The van der Waals surface area contributed by atoms with E-state index in [1.807, 2.05) is 30.3 Å². The number of nitrogens with zero attached hydrogens (tertiary/aromatic N) is 1. The molecule has 2 N–H and O–H groups in total. The number of nitrogens with two attached hydrogens (primary N) is 1. The summed E-state index contributed by atoms with van der Waals surface area (Å²) in [5, 5.41) is 0. The number of hydrogen-bond acceptors (Lipinski definition) is 2. The molecule has 0 aliphatic rings. The van der Waals surface area contributed by atoms with Gasteiger partial charge in [0.25, 0.3) is 0 Å². The minimum absolute atomic E-state index is 0.171. The van der Waals surface area contributed by atoms with Crippen LogP contribution >= 0.6 is 0 Å². The average Bonchev–Trinajstić information content (AvgIpc) is 2.53. The summed E-state index contributed by atoms with van der Waals surface area (Å²) in [7, 11) is 0. The van der Waals surface area contributed by atoms with Crippen molar-refractivity contribution < 1.29 is 4.39 Å². The van der Waals surface area contributed by atoms with Crippen LogP contribution in [0.15, 0.2) is 48.5 Å². The van der Waals surface area contributed by atoms with Crippen molar-refractivity contribution in [3.8, 4) is 0 Å². The molecule has 0 atom stereocenters. The van der Waals surface area contributed by atoms with Crippen LogP contribution in [0.1, 0.15) is 30.9 Å². The second kappa shape index (κ2) is 7.79. The highest BCUT2D eigenvalue weighted by Gasteiger charge is 2.10. The maximum absolute atomic E-state index is 14.2. The Bertz CT molecular complexity index is 554. The first-order chi connectivity index (χ1) is 10.2. The minimum Gasteiger partial charge on any atom is -0.367 e. The highest BCUT2D eigenvalue weighted by molar-refractivity contribution is 5.46. The zero-order valence-electron chi connectivity index (χ0n) is 12.6. The standard InChI is InChI=1S/C18H23FN2/c1-2-3-11-21(17-7-5-4-6-8-17)14-16-10-9-15(13-20)12-18(16)19/h4-10,12H,2-3,11,13-14,20H2,1H3. The number of para-hydroxylation sites is 1. The van der Waals surface area contributed by atoms with E-state index in [4.69, 9.17) is 5.73 Å². The van der Waals surface area contributed by atoms with Gasteiger partial charge in [-0.05, 0) is 30.2 Å². The van der Waals surface area contributed by atoms with Crippen molar-refractivity contribution in [2.75, 3.05) is 11.4 Å². The third-order valence-corrected chi connectivity index (χ3v) is 3.62. The van der Waals surface area contributed by atoms with Crippen LogP contribution in [0.25, 0.3) is 0 Å². The zero-order chi connectivity index (χ0) is 15.1. The Morgan fingerprint density at radius 3 is 2.48 bits per heavy atom. The number of halogens is 1. The molecule has 0 unspecified atom stereocenters. The second-order valence-electron chi connectivity index (χ2n) is 5.24. The second-order valence-corrected chi connectivity index (χ2v) is 5.24. The van der Waals surface area contributed by atoms with E-state index in [2.05, 4.69) is 24.0 Å². The lowest BCUT2D eigenvalue weighted by Crippen LogP contribution is -2.24. The number of unbranched alkanes of at least 4 members (excludes halogenated alkanes) is 1. The summed E-state index contributed by atoms with van der Waals surface area (Å²) in [6.45, 7) is 4.05. The molecule has 112 valence electrons. The molecule has 0 radical (unpaired) electrons. The van der Waals surface area contributed by atoms with Crippen molar-refractivity contribution in [3.05, 3.63) is 65.5 Å². The van der Waals surface area contributed by atoms with E-state index in [1.165, 1.54) is 0 Å². The predicted molar refractivity (Wildman–Crippen MR) is 86.7 cm³/mol. The van der Waals surface area contributed by atoms with Gasteiger partial charge < -0.3 is 10.6 Å². The van der Waals surface area contributed by atoms with Crippen LogP contribution < -0.4 is 10.6 Å². The number of anilines is 1. The summed E-state index contributed by atoms with van der Waals surface area (Å²) < 4.78 is 14.2. The van der Waals surface area contributed by atoms with Crippen molar-refractivity contribution in [3.63, 3.8) is 0 Å². The largest absolute Gasteiger partial charge is 0.367 e. The van der Waals surface area contributed by atoms with E-state index in [-0.39, 0.29) is 5.82 Å². The fraction of sp³-hybridized carbons (Fsp3) is 0.333. The Morgan fingerprint density at radius 2 is 1.86 bits per heavy atom. The lowest BCUT2D eigenvalue weighted by Gasteiger charge is -2.25. The van der Waals surface area contributed by atoms with Crippen LogP contribution in [0.2, 0.25) is 0 Å². The summed E-state index contributed by atoms with van der Waals surface area (Å²) in [6.07, 6.45) is 2.22. The third kappa shape index (κ3) is 4.30. The summed E-state index contributed by atoms with van der Waals surface area (Å²) >= 11 is 0. The molecular formula is C18H23FN2. The first kappa shape index (κ1) is 15.5. The predicted octanol–water partition coefficient (Wildman–Crippen LogP) is 4.09. The first-order valence-corrected chi connectivity index (χ1v) is 7.52. The SMILES string of the molecule is CCCCN(Cc1ccc(CN)cc1F)c1ccccc1. The van der Waals surface area contributed by atoms with Gasteiger partial charge in [-0.2, -0.15) is 0 Å². The molecule has 0 aromatic heterocycles. The molecule has 2 rings (SSSR count). The molecule has 0 spiro atoms. The lowest BCUT2D eigenvalue weighted by molar-refractivity contribution is 0.599. The van der Waals surface area contributed by atoms with Crippen LogP contribution in [0.4, 0.5) is 10.1 Å². The molecule has 0 saturated heterocycles. The molecule has 0 fully saturated rings. The van der Waals surface area contributed by atoms with Gasteiger partial charge in [0.2, 0.25) is 0 Å². The fourth-order valence-electron chi connectivity index (χ4n) is 2.34. The van der Waals surface area contributed by atoms with Gasteiger partial charge in [-0.1, -0.05) is 43.7 Å². The molecule has 0 aliphatic carbocycles.